The maximum Gasteiger partial charge on any atom is 0.263 e. The minimum absolute atomic E-state index is 0.188. The summed E-state index contributed by atoms with van der Waals surface area (Å²) in [7, 11) is 2.00. The summed E-state index contributed by atoms with van der Waals surface area (Å²) in [4.78, 5) is 14.9. The number of thiophene rings is 1. The fourth-order valence-corrected chi connectivity index (χ4v) is 2.70. The molecule has 0 atom stereocenters. The normalized spacial score (nSPS) is 19.8. The van der Waals surface area contributed by atoms with Crippen LogP contribution in [0.4, 0.5) is 0 Å². The molecule has 1 saturated heterocycles. The topological polar surface area (TPSA) is 32.3 Å². The predicted octanol–water partition coefficient (Wildman–Crippen LogP) is 1.96. The first-order chi connectivity index (χ1) is 7.64. The fourth-order valence-electron chi connectivity index (χ4n) is 2.01. The van der Waals surface area contributed by atoms with Gasteiger partial charge in [-0.3, -0.25) is 4.79 Å². The van der Waals surface area contributed by atoms with Gasteiger partial charge in [0, 0.05) is 18.6 Å². The summed E-state index contributed by atoms with van der Waals surface area (Å²) in [6, 6.07) is 3.83. The van der Waals surface area contributed by atoms with Crippen molar-refractivity contribution in [1.29, 1.82) is 0 Å². The van der Waals surface area contributed by atoms with Crippen molar-refractivity contribution in [2.45, 2.75) is 25.3 Å². The average Bonchev–Trinajstić information content (AvgIpc) is 2.83. The second-order valence-corrected chi connectivity index (χ2v) is 5.53. The van der Waals surface area contributed by atoms with E-state index in [-0.39, 0.29) is 11.4 Å². The van der Waals surface area contributed by atoms with Crippen molar-refractivity contribution < 1.29 is 4.79 Å². The Balaban J connectivity index is 1.97. The lowest BCUT2D eigenvalue weighted by Gasteiger charge is -2.39. The van der Waals surface area contributed by atoms with Crippen LogP contribution in [0.2, 0.25) is 0 Å². The Kier molecular flexibility index (Phi) is 3.30. The summed E-state index contributed by atoms with van der Waals surface area (Å²) in [5.41, 5.74) is 0.201. The molecule has 0 unspecified atom stereocenters. The molecule has 3 nitrogen and oxygen atoms in total. The number of carbonyl (C=O) groups is 1. The maximum absolute atomic E-state index is 12.1. The lowest BCUT2D eigenvalue weighted by atomic mass is 9.90. The Labute approximate surface area is 100 Å². The van der Waals surface area contributed by atoms with Gasteiger partial charge in [-0.2, -0.15) is 0 Å². The Bertz CT molecular complexity index is 353. The number of amides is 1. The Hall–Kier alpha value is -0.870. The van der Waals surface area contributed by atoms with Crippen molar-refractivity contribution in [3.63, 3.8) is 0 Å². The van der Waals surface area contributed by atoms with Gasteiger partial charge >= 0.3 is 0 Å². The Morgan fingerprint density at radius 2 is 2.19 bits per heavy atom. The minimum atomic E-state index is 0.188. The molecule has 1 aromatic heterocycles. The molecule has 1 aliphatic heterocycles. The Morgan fingerprint density at radius 1 is 1.50 bits per heavy atom. The zero-order valence-corrected chi connectivity index (χ0v) is 10.6. The number of piperidine rings is 1. The van der Waals surface area contributed by atoms with E-state index in [4.69, 9.17) is 0 Å². The largest absolute Gasteiger partial charge is 0.338 e. The first kappa shape index (κ1) is 11.6. The smallest absolute Gasteiger partial charge is 0.263 e. The highest BCUT2D eigenvalue weighted by Gasteiger charge is 2.30. The van der Waals surface area contributed by atoms with Gasteiger partial charge in [0.2, 0.25) is 0 Å². The molecule has 1 N–H and O–H groups in total. The molecule has 1 aromatic rings. The van der Waals surface area contributed by atoms with Gasteiger partial charge in [0.25, 0.3) is 5.91 Å². The van der Waals surface area contributed by atoms with E-state index in [1.807, 2.05) is 29.5 Å². The molecule has 1 fully saturated rings. The summed E-state index contributed by atoms with van der Waals surface area (Å²) >= 11 is 1.52. The standard InChI is InChI=1S/C12H18N2OS/c1-12(13-2)5-7-14(8-6-12)11(15)10-4-3-9-16-10/h3-4,9,13H,5-8H2,1-2H3. The van der Waals surface area contributed by atoms with E-state index in [9.17, 15) is 4.79 Å². The third-order valence-electron chi connectivity index (χ3n) is 3.49. The van der Waals surface area contributed by atoms with Crippen molar-refractivity contribution in [1.82, 2.24) is 10.2 Å². The molecule has 0 saturated carbocycles. The monoisotopic (exact) mass is 238 g/mol. The van der Waals surface area contributed by atoms with Gasteiger partial charge in [-0.25, -0.2) is 0 Å². The van der Waals surface area contributed by atoms with Gasteiger partial charge in [-0.1, -0.05) is 6.07 Å². The van der Waals surface area contributed by atoms with Crippen LogP contribution < -0.4 is 5.32 Å². The predicted molar refractivity (Wildman–Crippen MR) is 66.9 cm³/mol. The molecule has 16 heavy (non-hydrogen) atoms. The highest BCUT2D eigenvalue weighted by Crippen LogP contribution is 2.23. The van der Waals surface area contributed by atoms with E-state index in [0.29, 0.717) is 0 Å². The van der Waals surface area contributed by atoms with Crippen LogP contribution in [0.25, 0.3) is 0 Å². The number of nitrogens with zero attached hydrogens (tertiary/aromatic N) is 1. The fraction of sp³-hybridized carbons (Fsp3) is 0.583. The molecule has 1 aliphatic rings. The number of carbonyl (C=O) groups excluding carboxylic acids is 1. The van der Waals surface area contributed by atoms with Crippen LogP contribution in [0.1, 0.15) is 29.4 Å². The highest BCUT2D eigenvalue weighted by molar-refractivity contribution is 7.12. The van der Waals surface area contributed by atoms with Crippen LogP contribution in [-0.2, 0) is 0 Å². The van der Waals surface area contributed by atoms with Crippen molar-refractivity contribution in [2.24, 2.45) is 0 Å². The third-order valence-corrected chi connectivity index (χ3v) is 4.35. The second-order valence-electron chi connectivity index (χ2n) is 4.58. The van der Waals surface area contributed by atoms with Gasteiger partial charge in [-0.15, -0.1) is 11.3 Å². The van der Waals surface area contributed by atoms with Crippen molar-refractivity contribution in [3.8, 4) is 0 Å². The first-order valence-electron chi connectivity index (χ1n) is 5.66. The summed E-state index contributed by atoms with van der Waals surface area (Å²) in [5, 5.41) is 5.29. The van der Waals surface area contributed by atoms with Crippen LogP contribution >= 0.6 is 11.3 Å². The molecule has 2 heterocycles. The van der Waals surface area contributed by atoms with E-state index in [0.717, 1.165) is 30.8 Å². The van der Waals surface area contributed by atoms with Crippen LogP contribution in [0.15, 0.2) is 17.5 Å². The molecule has 4 heteroatoms. The summed E-state index contributed by atoms with van der Waals surface area (Å²) in [5.74, 6) is 0.188. The van der Waals surface area contributed by atoms with E-state index >= 15 is 0 Å². The van der Waals surface area contributed by atoms with Crippen LogP contribution in [0.3, 0.4) is 0 Å². The van der Waals surface area contributed by atoms with Crippen LogP contribution in [0, 0.1) is 0 Å². The van der Waals surface area contributed by atoms with E-state index in [1.165, 1.54) is 11.3 Å². The highest BCUT2D eigenvalue weighted by atomic mass is 32.1. The summed E-state index contributed by atoms with van der Waals surface area (Å²) < 4.78 is 0. The number of nitrogens with one attached hydrogen (secondary N) is 1. The molecule has 2 rings (SSSR count). The SMILES string of the molecule is CNC1(C)CCN(C(=O)c2cccs2)CC1. The molecule has 0 aliphatic carbocycles. The van der Waals surface area contributed by atoms with Gasteiger partial charge < -0.3 is 10.2 Å². The van der Waals surface area contributed by atoms with Crippen molar-refractivity contribution in [3.05, 3.63) is 22.4 Å². The zero-order valence-electron chi connectivity index (χ0n) is 9.82. The van der Waals surface area contributed by atoms with Crippen LogP contribution in [-0.4, -0.2) is 36.5 Å². The Morgan fingerprint density at radius 3 is 2.69 bits per heavy atom. The van der Waals surface area contributed by atoms with Gasteiger partial charge in [0.1, 0.15) is 0 Å². The molecule has 0 bridgehead atoms. The van der Waals surface area contributed by atoms with E-state index in [2.05, 4.69) is 12.2 Å². The molecule has 0 aromatic carbocycles. The third kappa shape index (κ3) is 2.28. The number of hydrogen-bond donors (Lipinski definition) is 1. The second kappa shape index (κ2) is 4.55. The molecular weight excluding hydrogens is 220 g/mol. The van der Waals surface area contributed by atoms with Crippen molar-refractivity contribution in [2.75, 3.05) is 20.1 Å². The zero-order chi connectivity index (χ0) is 11.6. The quantitative estimate of drug-likeness (QED) is 0.854. The molecule has 88 valence electrons. The molecule has 1 amide bonds. The number of hydrogen-bond acceptors (Lipinski definition) is 3. The lowest BCUT2D eigenvalue weighted by molar-refractivity contribution is 0.0666. The lowest BCUT2D eigenvalue weighted by Crippen LogP contribution is -2.51. The van der Waals surface area contributed by atoms with E-state index < -0.39 is 0 Å². The van der Waals surface area contributed by atoms with Gasteiger partial charge in [0.15, 0.2) is 0 Å². The van der Waals surface area contributed by atoms with E-state index in [1.54, 1.807) is 0 Å². The average molecular weight is 238 g/mol. The van der Waals surface area contributed by atoms with Gasteiger partial charge in [-0.05, 0) is 38.3 Å². The maximum atomic E-state index is 12.1. The molecule has 0 spiro atoms. The number of likely N-dealkylation sites (tertiary alicyclic amines) is 1. The minimum Gasteiger partial charge on any atom is -0.338 e. The molecular formula is C12H18N2OS. The van der Waals surface area contributed by atoms with Crippen molar-refractivity contribution >= 4 is 17.2 Å². The van der Waals surface area contributed by atoms with Gasteiger partial charge in [0.05, 0.1) is 4.88 Å². The first-order valence-corrected chi connectivity index (χ1v) is 6.54. The summed E-state index contributed by atoms with van der Waals surface area (Å²) in [6.45, 7) is 3.93. The molecule has 0 radical (unpaired) electrons. The number of rotatable bonds is 2. The van der Waals surface area contributed by atoms with Crippen LogP contribution in [0.5, 0.6) is 0 Å². The summed E-state index contributed by atoms with van der Waals surface area (Å²) in [6.07, 6.45) is 2.06.